The van der Waals surface area contributed by atoms with Crippen molar-refractivity contribution in [2.45, 2.75) is 6.92 Å². The van der Waals surface area contributed by atoms with Gasteiger partial charge in [0, 0.05) is 24.3 Å². The molecule has 6 rings (SSSR count). The summed E-state index contributed by atoms with van der Waals surface area (Å²) in [5.74, 6) is -5.50. The van der Waals surface area contributed by atoms with Crippen molar-refractivity contribution in [3.8, 4) is 33.9 Å². The van der Waals surface area contributed by atoms with E-state index >= 15 is 0 Å². The van der Waals surface area contributed by atoms with Gasteiger partial charge in [-0.1, -0.05) is 23.2 Å². The topological polar surface area (TPSA) is 61.4 Å². The molecule has 0 radical (unpaired) electrons. The van der Waals surface area contributed by atoms with Crippen molar-refractivity contribution in [2.75, 3.05) is 0 Å². The normalized spacial score (nSPS) is 11.0. The molecule has 0 aliphatic heterocycles. The van der Waals surface area contributed by atoms with Crippen molar-refractivity contribution >= 4 is 39.1 Å². The van der Waals surface area contributed by atoms with Gasteiger partial charge in [-0.05, 0) is 47.1 Å². The summed E-state index contributed by atoms with van der Waals surface area (Å²) in [6.07, 6.45) is 5.48. The second-order valence-corrected chi connectivity index (χ2v) is 10.4. The maximum absolute atomic E-state index is 14.0. The molecular formula is C29H15BrCl2F6N6. The number of halogens is 9. The lowest BCUT2D eigenvalue weighted by atomic mass is 10.1. The zero-order valence-electron chi connectivity index (χ0n) is 22.0. The van der Waals surface area contributed by atoms with Crippen LogP contribution >= 0.6 is 39.1 Å². The first-order chi connectivity index (χ1) is 20.9. The summed E-state index contributed by atoms with van der Waals surface area (Å²) in [4.78, 5) is 15.9. The second kappa shape index (κ2) is 12.8. The van der Waals surface area contributed by atoms with Crippen molar-refractivity contribution < 1.29 is 26.3 Å². The fourth-order valence-corrected chi connectivity index (χ4v) is 4.99. The number of nitrogens with zero attached hydrogens (tertiary/aromatic N) is 6. The Morgan fingerprint density at radius 3 is 1.41 bits per heavy atom. The van der Waals surface area contributed by atoms with E-state index in [1.807, 2.05) is 0 Å². The van der Waals surface area contributed by atoms with E-state index in [9.17, 15) is 26.3 Å². The number of imidazole rings is 2. The Labute approximate surface area is 263 Å². The van der Waals surface area contributed by atoms with E-state index in [1.165, 1.54) is 40.0 Å². The number of rotatable bonds is 4. The molecule has 4 aromatic heterocycles. The molecule has 0 aliphatic rings. The molecule has 2 aromatic carbocycles. The molecule has 44 heavy (non-hydrogen) atoms. The molecular weight excluding hydrogens is 697 g/mol. The standard InChI is InChI=1S/C15H9ClF3N3.C14H6BrClF3N3/c1-8-20-7-13(15-11(18)4-9(17)5-12(15)19)22(8)10-2-3-14(16)21-6-10;15-14-21-6-11(13-9(18)3-7(17)4-10(13)19)22(14)8-1-2-12(16)20-5-8/h2-7H,1H3;1-6H. The number of pyridine rings is 2. The average molecular weight is 712 g/mol. The summed E-state index contributed by atoms with van der Waals surface area (Å²) in [6.45, 7) is 1.68. The Kier molecular flexibility index (Phi) is 9.09. The third-order valence-electron chi connectivity index (χ3n) is 6.12. The highest BCUT2D eigenvalue weighted by Crippen LogP contribution is 2.32. The molecule has 6 aromatic rings. The predicted molar refractivity (Wildman–Crippen MR) is 156 cm³/mol. The van der Waals surface area contributed by atoms with Gasteiger partial charge < -0.3 is 0 Å². The molecule has 0 N–H and O–H groups in total. The minimum Gasteiger partial charge on any atom is -0.295 e. The smallest absolute Gasteiger partial charge is 0.182 e. The van der Waals surface area contributed by atoms with Gasteiger partial charge in [-0.3, -0.25) is 9.13 Å². The monoisotopic (exact) mass is 710 g/mol. The quantitative estimate of drug-likeness (QED) is 0.135. The van der Waals surface area contributed by atoms with Gasteiger partial charge in [0.2, 0.25) is 0 Å². The van der Waals surface area contributed by atoms with Crippen LogP contribution in [0.15, 0.2) is 78.1 Å². The van der Waals surface area contributed by atoms with Crippen LogP contribution in [-0.2, 0) is 0 Å². The third-order valence-corrected chi connectivity index (χ3v) is 7.13. The maximum Gasteiger partial charge on any atom is 0.182 e. The zero-order chi connectivity index (χ0) is 31.7. The Bertz CT molecular complexity index is 1790. The van der Waals surface area contributed by atoms with E-state index in [0.717, 1.165) is 0 Å². The predicted octanol–water partition coefficient (Wildman–Crippen LogP) is 9.08. The van der Waals surface area contributed by atoms with Crippen molar-refractivity contribution in [2.24, 2.45) is 0 Å². The number of hydrogen-bond acceptors (Lipinski definition) is 4. The van der Waals surface area contributed by atoms with Crippen LogP contribution < -0.4 is 0 Å². The van der Waals surface area contributed by atoms with Crippen LogP contribution in [0.5, 0.6) is 0 Å². The van der Waals surface area contributed by atoms with E-state index in [2.05, 4.69) is 35.9 Å². The largest absolute Gasteiger partial charge is 0.295 e. The minimum atomic E-state index is -1.02. The molecule has 224 valence electrons. The van der Waals surface area contributed by atoms with E-state index in [4.69, 9.17) is 23.2 Å². The molecule has 0 spiro atoms. The first-order valence-corrected chi connectivity index (χ1v) is 13.8. The molecule has 0 aliphatic carbocycles. The Balaban J connectivity index is 0.000000175. The summed E-state index contributed by atoms with van der Waals surface area (Å²) < 4.78 is 85.4. The maximum atomic E-state index is 14.0. The van der Waals surface area contributed by atoms with Crippen LogP contribution in [0.2, 0.25) is 10.3 Å². The van der Waals surface area contributed by atoms with Crippen molar-refractivity contribution in [3.05, 3.63) is 129 Å². The number of benzene rings is 2. The second-order valence-electron chi connectivity index (χ2n) is 8.94. The molecule has 6 nitrogen and oxygen atoms in total. The van der Waals surface area contributed by atoms with Crippen LogP contribution in [0.3, 0.4) is 0 Å². The minimum absolute atomic E-state index is 0.117. The van der Waals surface area contributed by atoms with Crippen molar-refractivity contribution in [1.29, 1.82) is 0 Å². The molecule has 0 saturated heterocycles. The van der Waals surface area contributed by atoms with Gasteiger partial charge in [0.05, 0.1) is 58.7 Å². The van der Waals surface area contributed by atoms with Crippen molar-refractivity contribution in [1.82, 2.24) is 29.1 Å². The third kappa shape index (κ3) is 6.35. The Morgan fingerprint density at radius 1 is 0.568 bits per heavy atom. The average Bonchev–Trinajstić information content (AvgIpc) is 3.51. The Morgan fingerprint density at radius 2 is 0.977 bits per heavy atom. The van der Waals surface area contributed by atoms with Crippen LogP contribution in [0.1, 0.15) is 5.82 Å². The zero-order valence-corrected chi connectivity index (χ0v) is 25.1. The van der Waals surface area contributed by atoms with Crippen LogP contribution in [0.25, 0.3) is 33.9 Å². The summed E-state index contributed by atoms with van der Waals surface area (Å²) in [7, 11) is 0. The lowest BCUT2D eigenvalue weighted by molar-refractivity contribution is 0.546. The molecule has 15 heteroatoms. The van der Waals surface area contributed by atoms with Gasteiger partial charge in [-0.15, -0.1) is 0 Å². The van der Waals surface area contributed by atoms with Crippen LogP contribution in [0, 0.1) is 41.8 Å². The van der Waals surface area contributed by atoms with Gasteiger partial charge in [0.25, 0.3) is 0 Å². The highest BCUT2D eigenvalue weighted by molar-refractivity contribution is 9.10. The lowest BCUT2D eigenvalue weighted by Gasteiger charge is -2.11. The van der Waals surface area contributed by atoms with Gasteiger partial charge >= 0.3 is 0 Å². The number of aryl methyl sites for hydroxylation is 1. The fraction of sp³-hybridized carbons (Fsp3) is 0.0345. The molecule has 0 amide bonds. The van der Waals surface area contributed by atoms with E-state index in [1.54, 1.807) is 25.1 Å². The highest BCUT2D eigenvalue weighted by atomic mass is 79.9. The van der Waals surface area contributed by atoms with Crippen LogP contribution in [0.4, 0.5) is 26.3 Å². The summed E-state index contributed by atoms with van der Waals surface area (Å²) in [6, 6.07) is 8.84. The first kappa shape index (κ1) is 31.2. The summed E-state index contributed by atoms with van der Waals surface area (Å²) in [5, 5.41) is 0.572. The van der Waals surface area contributed by atoms with Gasteiger partial charge in [-0.25, -0.2) is 46.3 Å². The summed E-state index contributed by atoms with van der Waals surface area (Å²) in [5.41, 5.74) is 0.582. The van der Waals surface area contributed by atoms with Gasteiger partial charge in [0.1, 0.15) is 51.0 Å². The molecule has 0 unspecified atom stereocenters. The Hall–Kier alpha value is -4.20. The highest BCUT2D eigenvalue weighted by Gasteiger charge is 2.21. The first-order valence-electron chi connectivity index (χ1n) is 12.3. The molecule has 0 fully saturated rings. The van der Waals surface area contributed by atoms with Crippen LogP contribution in [-0.4, -0.2) is 29.1 Å². The van der Waals surface area contributed by atoms with Crippen molar-refractivity contribution in [3.63, 3.8) is 0 Å². The number of hydrogen-bond donors (Lipinski definition) is 0. The molecule has 0 saturated carbocycles. The lowest BCUT2D eigenvalue weighted by Crippen LogP contribution is -2.03. The van der Waals surface area contributed by atoms with E-state index < -0.39 is 34.9 Å². The summed E-state index contributed by atoms with van der Waals surface area (Å²) >= 11 is 14.7. The fourth-order valence-electron chi connectivity index (χ4n) is 4.27. The number of aromatic nitrogens is 6. The molecule has 4 heterocycles. The SMILES string of the molecule is Cc1ncc(-c2c(F)cc(F)cc2F)n1-c1ccc(Cl)nc1.Fc1cc(F)c(-c2cnc(Br)n2-c2ccc(Cl)nc2)c(F)c1. The molecule has 0 bridgehead atoms. The van der Waals surface area contributed by atoms with Gasteiger partial charge in [0.15, 0.2) is 4.73 Å². The van der Waals surface area contributed by atoms with E-state index in [0.29, 0.717) is 51.4 Å². The van der Waals surface area contributed by atoms with E-state index in [-0.39, 0.29) is 27.7 Å². The molecule has 0 atom stereocenters. The van der Waals surface area contributed by atoms with Gasteiger partial charge in [-0.2, -0.15) is 0 Å².